The highest BCUT2D eigenvalue weighted by Crippen LogP contribution is 2.43. The summed E-state index contributed by atoms with van der Waals surface area (Å²) in [5.41, 5.74) is 2.00. The Balaban J connectivity index is 2.16. The van der Waals surface area contributed by atoms with Gasteiger partial charge in [-0.1, -0.05) is 51.1 Å². The molecule has 3 rings (SSSR count). The molecule has 2 aromatic rings. The van der Waals surface area contributed by atoms with Crippen molar-refractivity contribution in [3.63, 3.8) is 0 Å². The summed E-state index contributed by atoms with van der Waals surface area (Å²) in [6.07, 6.45) is 1.05. The minimum Gasteiger partial charge on any atom is -0.507 e. The summed E-state index contributed by atoms with van der Waals surface area (Å²) in [7, 11) is 0. The molecule has 0 aliphatic carbocycles. The highest BCUT2D eigenvalue weighted by atomic mass is 16.5. The van der Waals surface area contributed by atoms with E-state index >= 15 is 0 Å². The van der Waals surface area contributed by atoms with Gasteiger partial charge in [0.25, 0.3) is 0 Å². The van der Waals surface area contributed by atoms with Crippen molar-refractivity contribution in [3.05, 3.63) is 70.9 Å². The number of aromatic hydroxyl groups is 1. The number of hydrogen-bond donors (Lipinski definition) is 2. The Morgan fingerprint density at radius 2 is 1.68 bits per heavy atom. The van der Waals surface area contributed by atoms with Crippen LogP contribution in [0.25, 0.3) is 0 Å². The van der Waals surface area contributed by atoms with Gasteiger partial charge in [-0.25, -0.2) is 0 Å². The topological polar surface area (TPSA) is 58.6 Å². The van der Waals surface area contributed by atoms with E-state index in [9.17, 15) is 9.90 Å². The smallest absolute Gasteiger partial charge is 0.198 e. The second-order valence-electron chi connectivity index (χ2n) is 9.31. The number of phenolic OH excluding ortho intramolecular Hbond substituents is 1. The summed E-state index contributed by atoms with van der Waals surface area (Å²) >= 11 is 0. The molecule has 4 nitrogen and oxygen atoms in total. The van der Waals surface area contributed by atoms with Crippen LogP contribution >= 0.6 is 0 Å². The van der Waals surface area contributed by atoms with Gasteiger partial charge < -0.3 is 15.2 Å². The molecule has 4 heteroatoms. The lowest BCUT2D eigenvalue weighted by atomic mass is 9.83. The summed E-state index contributed by atoms with van der Waals surface area (Å²) in [6, 6.07) is 12.9. The number of carbonyl (C=O) groups excluding carboxylic acids is 1. The normalized spacial score (nSPS) is 18.6. The average Bonchev–Trinajstić information content (AvgIpc) is 2.59. The number of carbonyl (C=O) groups is 1. The van der Waals surface area contributed by atoms with E-state index in [4.69, 9.17) is 4.74 Å². The van der Waals surface area contributed by atoms with Crippen LogP contribution in [-0.2, 0) is 5.41 Å². The molecular formula is C24H29NO3. The molecule has 0 saturated carbocycles. The molecule has 1 heterocycles. The number of phenols is 1. The number of Topliss-reactive ketones (excluding diaryl/α,β-unsaturated/α-hetero) is 1. The maximum atomic E-state index is 13.2. The quantitative estimate of drug-likeness (QED) is 0.697. The molecule has 0 radical (unpaired) electrons. The fraction of sp³-hybridized carbons (Fsp3) is 0.375. The molecule has 148 valence electrons. The minimum atomic E-state index is -0.681. The summed E-state index contributed by atoms with van der Waals surface area (Å²) in [4.78, 5) is 13.2. The largest absolute Gasteiger partial charge is 0.507 e. The van der Waals surface area contributed by atoms with Gasteiger partial charge in [0.15, 0.2) is 11.9 Å². The van der Waals surface area contributed by atoms with E-state index in [1.807, 2.05) is 71.9 Å². The Bertz CT molecular complexity index is 930. The lowest BCUT2D eigenvalue weighted by Crippen LogP contribution is -2.34. The van der Waals surface area contributed by atoms with Gasteiger partial charge in [0.05, 0.1) is 11.1 Å². The first-order chi connectivity index (χ1) is 13.0. The van der Waals surface area contributed by atoms with Crippen molar-refractivity contribution in [1.29, 1.82) is 0 Å². The van der Waals surface area contributed by atoms with Gasteiger partial charge in [-0.3, -0.25) is 4.79 Å². The second kappa shape index (κ2) is 7.01. The summed E-state index contributed by atoms with van der Waals surface area (Å²) in [6.45, 7) is 12.2. The fourth-order valence-electron chi connectivity index (χ4n) is 3.27. The van der Waals surface area contributed by atoms with E-state index in [1.54, 1.807) is 18.3 Å². The van der Waals surface area contributed by atoms with E-state index in [0.717, 1.165) is 5.56 Å². The SMILES string of the molecule is CC(C)(C)N/C=C1\C(=O)c2ccccc2OC1c1cccc(C(C)(C)C)c1O. The third kappa shape index (κ3) is 3.91. The average molecular weight is 380 g/mol. The van der Waals surface area contributed by atoms with Gasteiger partial charge in [0.1, 0.15) is 11.5 Å². The monoisotopic (exact) mass is 379 g/mol. The van der Waals surface area contributed by atoms with E-state index in [0.29, 0.717) is 22.4 Å². The predicted octanol–water partition coefficient (Wildman–Crippen LogP) is 5.28. The van der Waals surface area contributed by atoms with E-state index < -0.39 is 6.10 Å². The molecule has 2 N–H and O–H groups in total. The van der Waals surface area contributed by atoms with Crippen LogP contribution in [0.1, 0.15) is 69.1 Å². The molecule has 1 aliphatic rings. The Morgan fingerprint density at radius 3 is 2.32 bits per heavy atom. The number of ketones is 1. The zero-order chi connectivity index (χ0) is 20.7. The number of nitrogens with one attached hydrogen (secondary N) is 1. The van der Waals surface area contributed by atoms with Crippen LogP contribution in [0.4, 0.5) is 0 Å². The number of para-hydroxylation sites is 2. The first-order valence-corrected chi connectivity index (χ1v) is 9.59. The van der Waals surface area contributed by atoms with E-state index in [-0.39, 0.29) is 22.5 Å². The predicted molar refractivity (Wildman–Crippen MR) is 112 cm³/mol. The Morgan fingerprint density at radius 1 is 1.00 bits per heavy atom. The van der Waals surface area contributed by atoms with Gasteiger partial charge >= 0.3 is 0 Å². The lowest BCUT2D eigenvalue weighted by molar-refractivity contribution is 0.0958. The molecule has 0 aromatic heterocycles. The molecule has 1 unspecified atom stereocenters. The van der Waals surface area contributed by atoms with Crippen LogP contribution in [0.15, 0.2) is 54.2 Å². The van der Waals surface area contributed by atoms with Crippen LogP contribution in [0.3, 0.4) is 0 Å². The van der Waals surface area contributed by atoms with Crippen LogP contribution < -0.4 is 10.1 Å². The second-order valence-corrected chi connectivity index (χ2v) is 9.31. The molecule has 1 atom stereocenters. The van der Waals surface area contributed by atoms with Gasteiger partial charge in [0, 0.05) is 17.3 Å². The zero-order valence-corrected chi connectivity index (χ0v) is 17.5. The van der Waals surface area contributed by atoms with Crippen molar-refractivity contribution in [2.45, 2.75) is 58.6 Å². The third-order valence-corrected chi connectivity index (χ3v) is 4.74. The van der Waals surface area contributed by atoms with Crippen molar-refractivity contribution in [1.82, 2.24) is 5.32 Å². The van der Waals surface area contributed by atoms with Gasteiger partial charge in [0.2, 0.25) is 0 Å². The summed E-state index contributed by atoms with van der Waals surface area (Å²) in [5.74, 6) is 0.615. The molecule has 0 bridgehead atoms. The molecular weight excluding hydrogens is 350 g/mol. The van der Waals surface area contributed by atoms with Crippen molar-refractivity contribution < 1.29 is 14.6 Å². The van der Waals surface area contributed by atoms with Crippen LogP contribution in [0.2, 0.25) is 0 Å². The Labute approximate surface area is 167 Å². The number of ether oxygens (including phenoxy) is 1. The molecule has 28 heavy (non-hydrogen) atoms. The van der Waals surface area contributed by atoms with Crippen molar-refractivity contribution in [3.8, 4) is 11.5 Å². The number of fused-ring (bicyclic) bond motifs is 1. The number of hydrogen-bond acceptors (Lipinski definition) is 4. The molecule has 0 spiro atoms. The highest BCUT2D eigenvalue weighted by molar-refractivity contribution is 6.12. The van der Waals surface area contributed by atoms with Crippen molar-refractivity contribution in [2.24, 2.45) is 0 Å². The van der Waals surface area contributed by atoms with Crippen molar-refractivity contribution in [2.75, 3.05) is 0 Å². The lowest BCUT2D eigenvalue weighted by Gasteiger charge is -2.31. The first-order valence-electron chi connectivity index (χ1n) is 9.59. The number of benzene rings is 2. The molecule has 0 saturated heterocycles. The first kappa shape index (κ1) is 20.0. The van der Waals surface area contributed by atoms with E-state index in [2.05, 4.69) is 5.32 Å². The molecule has 0 fully saturated rings. The highest BCUT2D eigenvalue weighted by Gasteiger charge is 2.35. The fourth-order valence-corrected chi connectivity index (χ4v) is 3.27. The molecule has 1 aliphatic heterocycles. The zero-order valence-electron chi connectivity index (χ0n) is 17.5. The standard InChI is InChI=1S/C24H29NO3/c1-23(2,3)18-12-9-11-16(21(18)27)22-17(14-25-24(4,5)6)20(26)15-10-7-8-13-19(15)28-22/h7-14,22,25,27H,1-6H3/b17-14+. The molecule has 0 amide bonds. The van der Waals surface area contributed by atoms with Crippen LogP contribution in [0.5, 0.6) is 11.5 Å². The Kier molecular flexibility index (Phi) is 5.00. The van der Waals surface area contributed by atoms with E-state index in [1.165, 1.54) is 0 Å². The molecule has 2 aromatic carbocycles. The third-order valence-electron chi connectivity index (χ3n) is 4.74. The Hall–Kier alpha value is -2.75. The summed E-state index contributed by atoms with van der Waals surface area (Å²) < 4.78 is 6.23. The van der Waals surface area contributed by atoms with Gasteiger partial charge in [-0.05, 0) is 43.9 Å². The summed E-state index contributed by atoms with van der Waals surface area (Å²) in [5, 5.41) is 14.3. The maximum Gasteiger partial charge on any atom is 0.198 e. The van der Waals surface area contributed by atoms with Gasteiger partial charge in [-0.15, -0.1) is 0 Å². The van der Waals surface area contributed by atoms with Crippen LogP contribution in [0, 0.1) is 0 Å². The maximum absolute atomic E-state index is 13.2. The number of rotatable bonds is 2. The van der Waals surface area contributed by atoms with Crippen LogP contribution in [-0.4, -0.2) is 16.4 Å². The minimum absolute atomic E-state index is 0.0934. The van der Waals surface area contributed by atoms with Crippen molar-refractivity contribution >= 4 is 5.78 Å². The van der Waals surface area contributed by atoms with Gasteiger partial charge in [-0.2, -0.15) is 0 Å².